The van der Waals surface area contributed by atoms with E-state index in [9.17, 15) is 4.79 Å². The highest BCUT2D eigenvalue weighted by Crippen LogP contribution is 2.19. The minimum Gasteiger partial charge on any atom is -0.356 e. The van der Waals surface area contributed by atoms with Crippen LogP contribution in [0.5, 0.6) is 0 Å². The Morgan fingerprint density at radius 1 is 1.14 bits per heavy atom. The van der Waals surface area contributed by atoms with Crippen LogP contribution in [0.2, 0.25) is 0 Å². The molecule has 1 aliphatic heterocycles. The average molecular weight is 393 g/mol. The molecule has 0 aliphatic carbocycles. The molecule has 0 fully saturated rings. The summed E-state index contributed by atoms with van der Waals surface area (Å²) in [6.45, 7) is 5.19. The fourth-order valence-electron chi connectivity index (χ4n) is 3.73. The number of amides is 1. The average Bonchev–Trinajstić information content (AvgIpc) is 2.74. The molecule has 0 radical (unpaired) electrons. The summed E-state index contributed by atoms with van der Waals surface area (Å²) in [5.74, 6) is 1.09. The van der Waals surface area contributed by atoms with Crippen molar-refractivity contribution in [2.24, 2.45) is 4.99 Å². The Balaban J connectivity index is 1.40. The van der Waals surface area contributed by atoms with Crippen LogP contribution in [0.1, 0.15) is 35.1 Å². The van der Waals surface area contributed by atoms with Gasteiger partial charge in [0.15, 0.2) is 5.96 Å². The molecule has 0 atom stereocenters. The van der Waals surface area contributed by atoms with E-state index in [0.29, 0.717) is 6.42 Å². The van der Waals surface area contributed by atoms with Crippen molar-refractivity contribution in [2.45, 2.75) is 39.3 Å². The molecular weight excluding hydrogens is 360 g/mol. The Morgan fingerprint density at radius 2 is 1.86 bits per heavy atom. The SMILES string of the molecule is CN=C(NCCCC(=O)N1CCc2ccccc2C1)N(C)Cc1ccc(C)cc1. The Labute approximate surface area is 174 Å². The summed E-state index contributed by atoms with van der Waals surface area (Å²) < 4.78 is 0. The van der Waals surface area contributed by atoms with Gasteiger partial charge in [0.2, 0.25) is 5.91 Å². The zero-order valence-corrected chi connectivity index (χ0v) is 17.8. The number of rotatable bonds is 6. The molecule has 1 amide bonds. The summed E-state index contributed by atoms with van der Waals surface area (Å²) in [6, 6.07) is 17.0. The third kappa shape index (κ3) is 5.83. The minimum absolute atomic E-state index is 0.240. The van der Waals surface area contributed by atoms with Gasteiger partial charge in [-0.15, -0.1) is 0 Å². The van der Waals surface area contributed by atoms with Crippen LogP contribution in [0.4, 0.5) is 0 Å². The molecule has 0 saturated carbocycles. The first-order valence-electron chi connectivity index (χ1n) is 10.4. The third-order valence-electron chi connectivity index (χ3n) is 5.45. The van der Waals surface area contributed by atoms with Crippen molar-refractivity contribution in [3.05, 3.63) is 70.8 Å². The predicted molar refractivity (Wildman–Crippen MR) is 119 cm³/mol. The van der Waals surface area contributed by atoms with Gasteiger partial charge in [0.25, 0.3) is 0 Å². The van der Waals surface area contributed by atoms with Crippen LogP contribution in [0, 0.1) is 6.92 Å². The number of benzene rings is 2. The van der Waals surface area contributed by atoms with Crippen LogP contribution in [-0.4, -0.2) is 48.9 Å². The number of carbonyl (C=O) groups is 1. The van der Waals surface area contributed by atoms with Crippen molar-refractivity contribution < 1.29 is 4.79 Å². The van der Waals surface area contributed by atoms with Gasteiger partial charge in [-0.2, -0.15) is 0 Å². The smallest absolute Gasteiger partial charge is 0.222 e. The summed E-state index contributed by atoms with van der Waals surface area (Å²) in [7, 11) is 3.83. The van der Waals surface area contributed by atoms with E-state index in [1.54, 1.807) is 7.05 Å². The van der Waals surface area contributed by atoms with E-state index >= 15 is 0 Å². The van der Waals surface area contributed by atoms with Crippen LogP contribution >= 0.6 is 0 Å². The highest BCUT2D eigenvalue weighted by Gasteiger charge is 2.19. The van der Waals surface area contributed by atoms with E-state index in [0.717, 1.165) is 45.0 Å². The lowest BCUT2D eigenvalue weighted by atomic mass is 9.99. The first-order valence-corrected chi connectivity index (χ1v) is 10.4. The second kappa shape index (κ2) is 10.1. The van der Waals surface area contributed by atoms with Crippen molar-refractivity contribution in [3.8, 4) is 0 Å². The van der Waals surface area contributed by atoms with Crippen molar-refractivity contribution >= 4 is 11.9 Å². The monoisotopic (exact) mass is 392 g/mol. The van der Waals surface area contributed by atoms with Crippen molar-refractivity contribution in [3.63, 3.8) is 0 Å². The second-order valence-corrected chi connectivity index (χ2v) is 7.75. The number of aryl methyl sites for hydroxylation is 1. The maximum Gasteiger partial charge on any atom is 0.222 e. The molecule has 0 aromatic heterocycles. The number of nitrogens with zero attached hydrogens (tertiary/aromatic N) is 3. The lowest BCUT2D eigenvalue weighted by molar-refractivity contribution is -0.132. The van der Waals surface area contributed by atoms with Gasteiger partial charge in [-0.1, -0.05) is 54.1 Å². The molecule has 154 valence electrons. The van der Waals surface area contributed by atoms with Gasteiger partial charge in [-0.25, -0.2) is 0 Å². The molecule has 5 nitrogen and oxygen atoms in total. The molecular formula is C24H32N4O. The number of carbonyl (C=O) groups excluding carboxylic acids is 1. The Hall–Kier alpha value is -2.82. The lowest BCUT2D eigenvalue weighted by Crippen LogP contribution is -2.39. The van der Waals surface area contributed by atoms with Crippen LogP contribution in [-0.2, 0) is 24.3 Å². The normalized spacial score (nSPS) is 13.8. The highest BCUT2D eigenvalue weighted by atomic mass is 16.2. The summed E-state index contributed by atoms with van der Waals surface area (Å²) >= 11 is 0. The first-order chi connectivity index (χ1) is 14.1. The number of aliphatic imine (C=N–C) groups is 1. The Kier molecular flexibility index (Phi) is 7.28. The van der Waals surface area contributed by atoms with Gasteiger partial charge < -0.3 is 15.1 Å². The maximum absolute atomic E-state index is 12.6. The van der Waals surface area contributed by atoms with E-state index in [1.165, 1.54) is 22.3 Å². The summed E-state index contributed by atoms with van der Waals surface area (Å²) in [5.41, 5.74) is 5.17. The molecule has 1 aliphatic rings. The van der Waals surface area contributed by atoms with E-state index in [1.807, 2.05) is 11.9 Å². The van der Waals surface area contributed by atoms with Gasteiger partial charge in [-0.05, 0) is 36.5 Å². The van der Waals surface area contributed by atoms with Gasteiger partial charge >= 0.3 is 0 Å². The van der Waals surface area contributed by atoms with E-state index in [-0.39, 0.29) is 5.91 Å². The van der Waals surface area contributed by atoms with Crippen molar-refractivity contribution in [1.29, 1.82) is 0 Å². The molecule has 5 heteroatoms. The number of fused-ring (bicyclic) bond motifs is 1. The molecule has 2 aromatic rings. The van der Waals surface area contributed by atoms with Gasteiger partial charge in [0.1, 0.15) is 0 Å². The topological polar surface area (TPSA) is 47.9 Å². The van der Waals surface area contributed by atoms with E-state index < -0.39 is 0 Å². The highest BCUT2D eigenvalue weighted by molar-refractivity contribution is 5.80. The summed E-state index contributed by atoms with van der Waals surface area (Å²) in [5, 5.41) is 3.38. The van der Waals surface area contributed by atoms with Gasteiger partial charge in [0.05, 0.1) is 0 Å². The van der Waals surface area contributed by atoms with Gasteiger partial charge in [-0.3, -0.25) is 9.79 Å². The van der Waals surface area contributed by atoms with Crippen molar-refractivity contribution in [2.75, 3.05) is 27.2 Å². The lowest BCUT2D eigenvalue weighted by Gasteiger charge is -2.29. The number of hydrogen-bond acceptors (Lipinski definition) is 2. The molecule has 1 N–H and O–H groups in total. The molecule has 3 rings (SSSR count). The van der Waals surface area contributed by atoms with Crippen LogP contribution in [0.15, 0.2) is 53.5 Å². The maximum atomic E-state index is 12.6. The van der Waals surface area contributed by atoms with Gasteiger partial charge in [0, 0.05) is 46.7 Å². The number of nitrogens with one attached hydrogen (secondary N) is 1. The van der Waals surface area contributed by atoms with Crippen LogP contribution in [0.25, 0.3) is 0 Å². The standard InChI is InChI=1S/C24H32N4O/c1-19-10-12-20(13-11-19)17-27(3)24(25-2)26-15-6-9-23(29)28-16-14-21-7-4-5-8-22(21)18-28/h4-5,7-8,10-13H,6,9,14-18H2,1-3H3,(H,25,26). The predicted octanol–water partition coefficient (Wildman–Crippen LogP) is 3.37. The summed E-state index contributed by atoms with van der Waals surface area (Å²) in [6.07, 6.45) is 2.32. The zero-order chi connectivity index (χ0) is 20.6. The molecule has 0 spiro atoms. The summed E-state index contributed by atoms with van der Waals surface area (Å²) in [4.78, 5) is 21.0. The largest absolute Gasteiger partial charge is 0.356 e. The molecule has 29 heavy (non-hydrogen) atoms. The second-order valence-electron chi connectivity index (χ2n) is 7.75. The van der Waals surface area contributed by atoms with E-state index in [2.05, 4.69) is 70.7 Å². The fourth-order valence-corrected chi connectivity index (χ4v) is 3.73. The Bertz CT molecular complexity index is 844. The minimum atomic E-state index is 0.240. The number of guanidine groups is 1. The van der Waals surface area contributed by atoms with E-state index in [4.69, 9.17) is 0 Å². The number of hydrogen-bond donors (Lipinski definition) is 1. The third-order valence-corrected chi connectivity index (χ3v) is 5.45. The first kappa shape index (κ1) is 20.9. The van der Waals surface area contributed by atoms with Crippen LogP contribution in [0.3, 0.4) is 0 Å². The molecule has 0 saturated heterocycles. The fraction of sp³-hybridized carbons (Fsp3) is 0.417. The molecule has 0 bridgehead atoms. The zero-order valence-electron chi connectivity index (χ0n) is 17.8. The molecule has 1 heterocycles. The quantitative estimate of drug-likeness (QED) is 0.466. The van der Waals surface area contributed by atoms with Crippen molar-refractivity contribution in [1.82, 2.24) is 15.1 Å². The van der Waals surface area contributed by atoms with Crippen LogP contribution < -0.4 is 5.32 Å². The molecule has 0 unspecified atom stereocenters. The molecule has 2 aromatic carbocycles. The Morgan fingerprint density at radius 3 is 2.59 bits per heavy atom.